The van der Waals surface area contributed by atoms with Gasteiger partial charge in [-0.25, -0.2) is 4.98 Å². The van der Waals surface area contributed by atoms with Crippen molar-refractivity contribution in [2.75, 3.05) is 18.1 Å². The average Bonchev–Trinajstić information content (AvgIpc) is 3.18. The summed E-state index contributed by atoms with van der Waals surface area (Å²) in [4.78, 5) is 32.5. The number of anilines is 1. The molecular weight excluding hydrogens is 294 g/mol. The first-order valence-corrected chi connectivity index (χ1v) is 8.04. The summed E-state index contributed by atoms with van der Waals surface area (Å²) in [6, 6.07) is 3.64. The molecule has 5 nitrogen and oxygen atoms in total. The van der Waals surface area contributed by atoms with Gasteiger partial charge in [0, 0.05) is 24.5 Å². The van der Waals surface area contributed by atoms with E-state index in [0.29, 0.717) is 23.0 Å². The molecule has 0 aliphatic carbocycles. The van der Waals surface area contributed by atoms with Gasteiger partial charge in [-0.3, -0.25) is 14.5 Å². The van der Waals surface area contributed by atoms with Crippen molar-refractivity contribution in [3.8, 4) is 0 Å². The van der Waals surface area contributed by atoms with E-state index in [1.807, 2.05) is 16.8 Å². The van der Waals surface area contributed by atoms with Gasteiger partial charge in [0.15, 0.2) is 5.13 Å². The van der Waals surface area contributed by atoms with Crippen LogP contribution in [0.5, 0.6) is 0 Å². The fourth-order valence-corrected chi connectivity index (χ4v) is 3.42. The second-order valence-electron chi connectivity index (χ2n) is 4.43. The summed E-state index contributed by atoms with van der Waals surface area (Å²) in [7, 11) is 0. The van der Waals surface area contributed by atoms with Gasteiger partial charge in [0.2, 0.25) is 5.91 Å². The van der Waals surface area contributed by atoms with Gasteiger partial charge >= 0.3 is 0 Å². The number of likely N-dealkylation sites (tertiary alicyclic amines) is 1. The number of carbonyl (C=O) groups excluding carboxylic acids is 2. The first-order chi connectivity index (χ1) is 9.75. The summed E-state index contributed by atoms with van der Waals surface area (Å²) in [6.07, 6.45) is 3.09. The molecule has 104 valence electrons. The number of aromatic nitrogens is 1. The van der Waals surface area contributed by atoms with Crippen LogP contribution < -0.4 is 4.90 Å². The number of nitrogens with zero attached hydrogens (tertiary/aromatic N) is 3. The van der Waals surface area contributed by atoms with Crippen LogP contribution in [0, 0.1) is 0 Å². The van der Waals surface area contributed by atoms with Crippen molar-refractivity contribution in [2.24, 2.45) is 0 Å². The van der Waals surface area contributed by atoms with Gasteiger partial charge in [-0.05, 0) is 17.9 Å². The van der Waals surface area contributed by atoms with Crippen LogP contribution in [0.4, 0.5) is 5.13 Å². The summed E-state index contributed by atoms with van der Waals surface area (Å²) in [5.41, 5.74) is 0. The van der Waals surface area contributed by atoms with Gasteiger partial charge in [-0.2, -0.15) is 0 Å². The molecule has 0 atom stereocenters. The van der Waals surface area contributed by atoms with Crippen LogP contribution in [0.2, 0.25) is 0 Å². The maximum absolute atomic E-state index is 12.6. The highest BCUT2D eigenvalue weighted by atomic mass is 32.1. The fraction of sp³-hybridized carbons (Fsp3) is 0.308. The Balaban J connectivity index is 1.84. The summed E-state index contributed by atoms with van der Waals surface area (Å²) in [5, 5.41) is 4.33. The minimum Gasteiger partial charge on any atom is -0.324 e. The van der Waals surface area contributed by atoms with Gasteiger partial charge in [0.05, 0.1) is 4.88 Å². The van der Waals surface area contributed by atoms with E-state index in [1.54, 1.807) is 22.1 Å². The molecule has 2 amide bonds. The molecule has 20 heavy (non-hydrogen) atoms. The predicted molar refractivity (Wildman–Crippen MR) is 79.1 cm³/mol. The largest absolute Gasteiger partial charge is 0.324 e. The highest BCUT2D eigenvalue weighted by Crippen LogP contribution is 2.23. The molecule has 0 spiro atoms. The van der Waals surface area contributed by atoms with Crippen molar-refractivity contribution in [1.29, 1.82) is 0 Å². The highest BCUT2D eigenvalue weighted by molar-refractivity contribution is 7.14. The Morgan fingerprint density at radius 1 is 1.40 bits per heavy atom. The van der Waals surface area contributed by atoms with Gasteiger partial charge in [0.1, 0.15) is 6.67 Å². The van der Waals surface area contributed by atoms with E-state index >= 15 is 0 Å². The zero-order valence-corrected chi connectivity index (χ0v) is 12.3. The Kier molecular flexibility index (Phi) is 3.79. The minimum atomic E-state index is -0.102. The molecular formula is C13H13N3O2S2. The first kappa shape index (κ1) is 13.3. The molecule has 1 aliphatic rings. The monoisotopic (exact) mass is 307 g/mol. The highest BCUT2D eigenvalue weighted by Gasteiger charge is 2.27. The predicted octanol–water partition coefficient (Wildman–Crippen LogP) is 2.43. The Labute approximate surface area is 124 Å². The Hall–Kier alpha value is -1.73. The smallest absolute Gasteiger partial charge is 0.271 e. The van der Waals surface area contributed by atoms with E-state index in [9.17, 15) is 9.59 Å². The minimum absolute atomic E-state index is 0.102. The van der Waals surface area contributed by atoms with Crippen molar-refractivity contribution in [3.63, 3.8) is 0 Å². The topological polar surface area (TPSA) is 53.5 Å². The molecule has 2 aromatic rings. The third kappa shape index (κ3) is 2.59. The average molecular weight is 307 g/mol. The van der Waals surface area contributed by atoms with E-state index in [2.05, 4.69) is 4.98 Å². The summed E-state index contributed by atoms with van der Waals surface area (Å²) >= 11 is 2.80. The lowest BCUT2D eigenvalue weighted by atomic mass is 10.4. The Bertz CT molecular complexity index is 595. The van der Waals surface area contributed by atoms with Crippen LogP contribution in [-0.2, 0) is 4.79 Å². The summed E-state index contributed by atoms with van der Waals surface area (Å²) in [5.74, 6) is 0.000172. The second-order valence-corrected chi connectivity index (χ2v) is 6.25. The number of hydrogen-bond donors (Lipinski definition) is 0. The summed E-state index contributed by atoms with van der Waals surface area (Å²) in [6.45, 7) is 0.988. The zero-order chi connectivity index (χ0) is 13.9. The number of hydrogen-bond acceptors (Lipinski definition) is 5. The third-order valence-electron chi connectivity index (χ3n) is 3.11. The van der Waals surface area contributed by atoms with Crippen molar-refractivity contribution in [1.82, 2.24) is 9.88 Å². The van der Waals surface area contributed by atoms with Crippen LogP contribution in [0.15, 0.2) is 29.1 Å². The van der Waals surface area contributed by atoms with Gasteiger partial charge < -0.3 is 4.90 Å². The van der Waals surface area contributed by atoms with E-state index < -0.39 is 0 Å². The standard InChI is InChI=1S/C13H13N3O2S2/c17-11-4-1-6-15(11)9-16(13-14-5-8-20-13)12(18)10-3-2-7-19-10/h2-3,5,7-8H,1,4,6,9H2. The van der Waals surface area contributed by atoms with Gasteiger partial charge in [-0.15, -0.1) is 22.7 Å². The SMILES string of the molecule is O=C1CCCN1CN(C(=O)c1cccs1)c1nccs1. The maximum Gasteiger partial charge on any atom is 0.271 e. The van der Waals surface area contributed by atoms with Crippen molar-refractivity contribution in [2.45, 2.75) is 12.8 Å². The molecule has 1 aliphatic heterocycles. The molecule has 0 N–H and O–H groups in total. The van der Waals surface area contributed by atoms with E-state index in [1.165, 1.54) is 22.7 Å². The molecule has 0 radical (unpaired) electrons. The molecule has 0 saturated carbocycles. The second kappa shape index (κ2) is 5.72. The fourth-order valence-electron chi connectivity index (χ4n) is 2.12. The van der Waals surface area contributed by atoms with Crippen LogP contribution in [0.1, 0.15) is 22.5 Å². The molecule has 0 unspecified atom stereocenters. The van der Waals surface area contributed by atoms with Crippen LogP contribution in [-0.4, -0.2) is 34.9 Å². The molecule has 1 saturated heterocycles. The van der Waals surface area contributed by atoms with Crippen molar-refractivity contribution >= 4 is 39.6 Å². The quantitative estimate of drug-likeness (QED) is 0.871. The van der Waals surface area contributed by atoms with Gasteiger partial charge in [0.25, 0.3) is 5.91 Å². The summed E-state index contributed by atoms with van der Waals surface area (Å²) < 4.78 is 0. The zero-order valence-electron chi connectivity index (χ0n) is 10.7. The van der Waals surface area contributed by atoms with Crippen LogP contribution in [0.25, 0.3) is 0 Å². The number of thiophene rings is 1. The molecule has 1 fully saturated rings. The number of amides is 2. The molecule has 2 aromatic heterocycles. The van der Waals surface area contributed by atoms with E-state index in [-0.39, 0.29) is 18.5 Å². The Morgan fingerprint density at radius 2 is 2.30 bits per heavy atom. The lowest BCUT2D eigenvalue weighted by molar-refractivity contribution is -0.127. The molecule has 0 bridgehead atoms. The van der Waals surface area contributed by atoms with E-state index in [0.717, 1.165) is 6.42 Å². The number of thiazole rings is 1. The molecule has 3 rings (SSSR count). The van der Waals surface area contributed by atoms with E-state index in [4.69, 9.17) is 0 Å². The van der Waals surface area contributed by atoms with Crippen LogP contribution >= 0.6 is 22.7 Å². The molecule has 0 aromatic carbocycles. The lowest BCUT2D eigenvalue weighted by Gasteiger charge is -2.25. The number of carbonyl (C=O) groups is 2. The third-order valence-corrected chi connectivity index (χ3v) is 4.76. The normalized spacial score (nSPS) is 14.8. The van der Waals surface area contributed by atoms with Gasteiger partial charge in [-0.1, -0.05) is 6.07 Å². The molecule has 7 heteroatoms. The van der Waals surface area contributed by atoms with Crippen molar-refractivity contribution < 1.29 is 9.59 Å². The number of rotatable bonds is 4. The lowest BCUT2D eigenvalue weighted by Crippen LogP contribution is -2.42. The first-order valence-electron chi connectivity index (χ1n) is 6.28. The maximum atomic E-state index is 12.6. The van der Waals surface area contributed by atoms with Crippen molar-refractivity contribution in [3.05, 3.63) is 34.0 Å². The molecule has 3 heterocycles. The Morgan fingerprint density at radius 3 is 2.90 bits per heavy atom. The van der Waals surface area contributed by atoms with Crippen LogP contribution in [0.3, 0.4) is 0 Å².